The molecule has 0 amide bonds. The van der Waals surface area contributed by atoms with Crippen molar-refractivity contribution in [2.24, 2.45) is 0 Å². The molecule has 1 atom stereocenters. The van der Waals surface area contributed by atoms with Gasteiger partial charge in [0.05, 0.1) is 4.90 Å². The van der Waals surface area contributed by atoms with Gasteiger partial charge in [-0.3, -0.25) is 0 Å². The third-order valence-electron chi connectivity index (χ3n) is 4.34. The largest absolute Gasteiger partial charge is 0.240 e. The topological polar surface area (TPSA) is 46.2 Å². The second kappa shape index (κ2) is 11.3. The van der Waals surface area contributed by atoms with Crippen molar-refractivity contribution in [2.45, 2.75) is 54.9 Å². The standard InChI is InChI=1S/C22H29NO2S2/c1-3-4-5-7-10-20(17-18-26-21-11-8-6-9-12-21)23-27(24,25)22-15-13-19(2)14-16-22/h3,6,8-9,11-16,20,23H,1,4-5,7,10,17-18H2,2H3/t20-/m1/s1. The molecule has 146 valence electrons. The van der Waals surface area contributed by atoms with E-state index in [1.165, 1.54) is 4.90 Å². The predicted molar refractivity (Wildman–Crippen MR) is 116 cm³/mol. The van der Waals surface area contributed by atoms with Gasteiger partial charge in [0.25, 0.3) is 0 Å². The van der Waals surface area contributed by atoms with Gasteiger partial charge < -0.3 is 0 Å². The van der Waals surface area contributed by atoms with Crippen LogP contribution >= 0.6 is 11.8 Å². The van der Waals surface area contributed by atoms with Gasteiger partial charge >= 0.3 is 0 Å². The minimum absolute atomic E-state index is 0.0580. The summed E-state index contributed by atoms with van der Waals surface area (Å²) in [7, 11) is -3.49. The summed E-state index contributed by atoms with van der Waals surface area (Å²) >= 11 is 1.77. The number of hydrogen-bond acceptors (Lipinski definition) is 3. The molecule has 0 fully saturated rings. The molecular formula is C22H29NO2S2. The van der Waals surface area contributed by atoms with E-state index in [2.05, 4.69) is 23.4 Å². The zero-order valence-electron chi connectivity index (χ0n) is 15.9. The van der Waals surface area contributed by atoms with Gasteiger partial charge in [0.1, 0.15) is 0 Å². The van der Waals surface area contributed by atoms with Crippen LogP contribution in [0.15, 0.2) is 77.0 Å². The van der Waals surface area contributed by atoms with Crippen LogP contribution in [0.3, 0.4) is 0 Å². The van der Waals surface area contributed by atoms with E-state index < -0.39 is 10.0 Å². The van der Waals surface area contributed by atoms with Crippen LogP contribution in [-0.4, -0.2) is 20.2 Å². The number of allylic oxidation sites excluding steroid dienone is 1. The second-order valence-corrected chi connectivity index (χ2v) is 9.54. The Hall–Kier alpha value is -1.56. The van der Waals surface area contributed by atoms with Crippen molar-refractivity contribution in [3.05, 3.63) is 72.8 Å². The third kappa shape index (κ3) is 7.91. The van der Waals surface area contributed by atoms with Crippen LogP contribution in [0.2, 0.25) is 0 Å². The summed E-state index contributed by atoms with van der Waals surface area (Å²) in [6.07, 6.45) is 6.56. The lowest BCUT2D eigenvalue weighted by Gasteiger charge is -2.19. The molecule has 2 rings (SSSR count). The van der Waals surface area contributed by atoms with E-state index in [1.54, 1.807) is 23.9 Å². The highest BCUT2D eigenvalue weighted by Gasteiger charge is 2.19. The van der Waals surface area contributed by atoms with Gasteiger partial charge in [-0.15, -0.1) is 18.3 Å². The maximum absolute atomic E-state index is 12.7. The number of rotatable bonds is 12. The molecule has 27 heavy (non-hydrogen) atoms. The molecule has 0 saturated carbocycles. The van der Waals surface area contributed by atoms with Crippen LogP contribution in [0.1, 0.15) is 37.7 Å². The summed E-state index contributed by atoms with van der Waals surface area (Å²) in [5.74, 6) is 0.882. The Morgan fingerprint density at radius 2 is 1.74 bits per heavy atom. The molecule has 3 nitrogen and oxygen atoms in total. The highest BCUT2D eigenvalue weighted by atomic mass is 32.2. The number of benzene rings is 2. The van der Waals surface area contributed by atoms with Gasteiger partial charge in [0, 0.05) is 10.9 Å². The van der Waals surface area contributed by atoms with E-state index >= 15 is 0 Å². The van der Waals surface area contributed by atoms with Gasteiger partial charge in [-0.05, 0) is 62.6 Å². The summed E-state index contributed by atoms with van der Waals surface area (Å²) in [4.78, 5) is 1.55. The normalized spacial score (nSPS) is 12.6. The number of nitrogens with one attached hydrogen (secondary N) is 1. The minimum Gasteiger partial charge on any atom is -0.208 e. The molecule has 2 aromatic rings. The van der Waals surface area contributed by atoms with Crippen molar-refractivity contribution in [2.75, 3.05) is 5.75 Å². The average molecular weight is 404 g/mol. The van der Waals surface area contributed by atoms with Crippen molar-refractivity contribution in [3.8, 4) is 0 Å². The molecule has 0 aromatic heterocycles. The molecule has 5 heteroatoms. The van der Waals surface area contributed by atoms with E-state index in [4.69, 9.17) is 0 Å². The summed E-state index contributed by atoms with van der Waals surface area (Å²) in [6.45, 7) is 5.70. The molecular weight excluding hydrogens is 374 g/mol. The first-order valence-corrected chi connectivity index (χ1v) is 11.9. The maximum atomic E-state index is 12.7. The van der Waals surface area contributed by atoms with Gasteiger partial charge in [-0.1, -0.05) is 48.4 Å². The van der Waals surface area contributed by atoms with Gasteiger partial charge in [-0.2, -0.15) is 0 Å². The van der Waals surface area contributed by atoms with E-state index in [1.807, 2.05) is 43.3 Å². The first-order chi connectivity index (χ1) is 13.0. The van der Waals surface area contributed by atoms with Crippen molar-refractivity contribution >= 4 is 21.8 Å². The Balaban J connectivity index is 1.97. The molecule has 0 aliphatic rings. The second-order valence-electron chi connectivity index (χ2n) is 6.65. The molecule has 0 saturated heterocycles. The quantitative estimate of drug-likeness (QED) is 0.286. The van der Waals surface area contributed by atoms with E-state index in [0.717, 1.165) is 43.4 Å². The number of sulfonamides is 1. The molecule has 1 N–H and O–H groups in total. The Morgan fingerprint density at radius 3 is 2.41 bits per heavy atom. The predicted octanol–water partition coefficient (Wildman–Crippen LogP) is 5.57. The van der Waals surface area contributed by atoms with Gasteiger partial charge in [0.2, 0.25) is 10.0 Å². The van der Waals surface area contributed by atoms with E-state index in [-0.39, 0.29) is 6.04 Å². The molecule has 0 heterocycles. The number of aryl methyl sites for hydroxylation is 1. The van der Waals surface area contributed by atoms with Gasteiger partial charge in [-0.25, -0.2) is 13.1 Å². The Kier molecular flexibility index (Phi) is 9.11. The molecule has 0 aliphatic heterocycles. The van der Waals surface area contributed by atoms with E-state index in [9.17, 15) is 8.42 Å². The lowest BCUT2D eigenvalue weighted by atomic mass is 10.1. The van der Waals surface area contributed by atoms with E-state index in [0.29, 0.717) is 4.90 Å². The number of thioether (sulfide) groups is 1. The van der Waals surface area contributed by atoms with Crippen LogP contribution in [0.25, 0.3) is 0 Å². The highest BCUT2D eigenvalue weighted by molar-refractivity contribution is 7.99. The Morgan fingerprint density at radius 1 is 1.04 bits per heavy atom. The third-order valence-corrected chi connectivity index (χ3v) is 6.92. The van der Waals surface area contributed by atoms with Crippen LogP contribution < -0.4 is 4.72 Å². The SMILES string of the molecule is C=CCCCC[C@H](CCSc1ccccc1)NS(=O)(=O)c1ccc(C)cc1. The zero-order chi connectivity index (χ0) is 19.5. The fourth-order valence-electron chi connectivity index (χ4n) is 2.78. The lowest BCUT2D eigenvalue weighted by molar-refractivity contribution is 0.499. The first kappa shape index (κ1) is 21.7. The zero-order valence-corrected chi connectivity index (χ0v) is 17.6. The van der Waals surface area contributed by atoms with Crippen LogP contribution in [0.4, 0.5) is 0 Å². The molecule has 0 aliphatic carbocycles. The summed E-state index contributed by atoms with van der Waals surface area (Å²) in [5, 5.41) is 0. The number of hydrogen-bond donors (Lipinski definition) is 1. The Labute approximate surface area is 168 Å². The molecule has 0 radical (unpaired) electrons. The smallest absolute Gasteiger partial charge is 0.208 e. The monoisotopic (exact) mass is 403 g/mol. The average Bonchev–Trinajstić information content (AvgIpc) is 2.66. The fraction of sp³-hybridized carbons (Fsp3) is 0.364. The van der Waals surface area contributed by atoms with Crippen molar-refractivity contribution in [1.82, 2.24) is 4.72 Å². The first-order valence-electron chi connectivity index (χ1n) is 9.39. The van der Waals surface area contributed by atoms with Crippen molar-refractivity contribution in [3.63, 3.8) is 0 Å². The molecule has 0 spiro atoms. The molecule has 2 aromatic carbocycles. The van der Waals surface area contributed by atoms with Crippen LogP contribution in [-0.2, 0) is 10.0 Å². The highest BCUT2D eigenvalue weighted by Crippen LogP contribution is 2.21. The summed E-state index contributed by atoms with van der Waals surface area (Å²) < 4.78 is 28.4. The van der Waals surface area contributed by atoms with Gasteiger partial charge in [0.15, 0.2) is 0 Å². The number of unbranched alkanes of at least 4 members (excludes halogenated alkanes) is 2. The lowest BCUT2D eigenvalue weighted by Crippen LogP contribution is -2.35. The maximum Gasteiger partial charge on any atom is 0.240 e. The Bertz CT molecular complexity index is 787. The van der Waals surface area contributed by atoms with Crippen LogP contribution in [0, 0.1) is 6.92 Å². The van der Waals surface area contributed by atoms with Crippen LogP contribution in [0.5, 0.6) is 0 Å². The summed E-state index contributed by atoms with van der Waals surface area (Å²) in [5.41, 5.74) is 1.05. The minimum atomic E-state index is -3.49. The molecule has 0 unspecified atom stereocenters. The van der Waals surface area contributed by atoms with Crippen molar-refractivity contribution < 1.29 is 8.42 Å². The summed E-state index contributed by atoms with van der Waals surface area (Å²) in [6, 6.07) is 17.2. The fourth-order valence-corrected chi connectivity index (χ4v) is 5.07. The molecule has 0 bridgehead atoms. The van der Waals surface area contributed by atoms with Crippen molar-refractivity contribution in [1.29, 1.82) is 0 Å².